The van der Waals surface area contributed by atoms with Crippen molar-refractivity contribution in [2.75, 3.05) is 26.2 Å². The highest BCUT2D eigenvalue weighted by Gasteiger charge is 2.44. The van der Waals surface area contributed by atoms with Crippen LogP contribution in [0.4, 0.5) is 18.4 Å². The van der Waals surface area contributed by atoms with Gasteiger partial charge in [0.05, 0.1) is 0 Å². The van der Waals surface area contributed by atoms with Crippen LogP contribution in [-0.2, 0) is 4.74 Å². The minimum atomic E-state index is -1.03. The maximum absolute atomic E-state index is 13.7. The van der Waals surface area contributed by atoms with E-state index in [1.54, 1.807) is 6.92 Å². The van der Waals surface area contributed by atoms with Gasteiger partial charge in [-0.05, 0) is 81.9 Å². The first kappa shape index (κ1) is 24.1. The summed E-state index contributed by atoms with van der Waals surface area (Å²) in [7, 11) is 0. The van der Waals surface area contributed by atoms with Crippen molar-refractivity contribution in [2.24, 2.45) is 0 Å². The van der Waals surface area contributed by atoms with Crippen molar-refractivity contribution in [3.63, 3.8) is 0 Å². The molecule has 3 amide bonds. The van der Waals surface area contributed by atoms with Gasteiger partial charge in [0, 0.05) is 6.54 Å². The van der Waals surface area contributed by atoms with E-state index in [9.17, 15) is 18.4 Å². The molecule has 0 aromatic heterocycles. The van der Waals surface area contributed by atoms with Gasteiger partial charge in [0.2, 0.25) is 0 Å². The Bertz CT molecular complexity index is 1020. The van der Waals surface area contributed by atoms with E-state index in [0.717, 1.165) is 55.9 Å². The zero-order valence-electron chi connectivity index (χ0n) is 19.6. The molecule has 2 aliphatic heterocycles. The number of urea groups is 1. The molecule has 182 valence electrons. The van der Waals surface area contributed by atoms with Crippen LogP contribution in [0.1, 0.15) is 54.8 Å². The number of nitrogens with zero attached hydrogens (tertiary/aromatic N) is 2. The van der Waals surface area contributed by atoms with Crippen molar-refractivity contribution in [3.8, 4) is 0 Å². The number of imide groups is 1. The van der Waals surface area contributed by atoms with Crippen molar-refractivity contribution in [2.45, 2.75) is 51.2 Å². The van der Waals surface area contributed by atoms with Gasteiger partial charge in [-0.1, -0.05) is 35.9 Å². The van der Waals surface area contributed by atoms with E-state index < -0.39 is 35.9 Å². The Labute approximate surface area is 198 Å². The van der Waals surface area contributed by atoms with Crippen LogP contribution in [0.15, 0.2) is 42.5 Å². The molecule has 34 heavy (non-hydrogen) atoms. The van der Waals surface area contributed by atoms with E-state index in [1.807, 2.05) is 0 Å². The predicted molar refractivity (Wildman–Crippen MR) is 124 cm³/mol. The topological polar surface area (TPSA) is 61.9 Å². The summed E-state index contributed by atoms with van der Waals surface area (Å²) in [5.74, 6) is -1.43. The molecule has 0 bridgehead atoms. The van der Waals surface area contributed by atoms with Crippen LogP contribution in [0.25, 0.3) is 0 Å². The molecule has 0 saturated carbocycles. The van der Waals surface area contributed by atoms with Gasteiger partial charge in [0.1, 0.15) is 12.1 Å². The van der Waals surface area contributed by atoms with Crippen LogP contribution in [0, 0.1) is 18.6 Å². The van der Waals surface area contributed by atoms with Gasteiger partial charge in [0.15, 0.2) is 11.6 Å². The molecule has 2 aliphatic rings. The first-order valence-electron chi connectivity index (χ1n) is 11.8. The van der Waals surface area contributed by atoms with Gasteiger partial charge in [-0.25, -0.2) is 23.3 Å². The van der Waals surface area contributed by atoms with Crippen molar-refractivity contribution >= 4 is 12.1 Å². The number of carbonyl (C=O) groups excluding carboxylic acids is 2. The normalized spacial score (nSPS) is 21.5. The molecule has 0 spiro atoms. The third-order valence-electron chi connectivity index (χ3n) is 6.77. The Morgan fingerprint density at radius 2 is 1.74 bits per heavy atom. The van der Waals surface area contributed by atoms with Gasteiger partial charge < -0.3 is 15.0 Å². The first-order chi connectivity index (χ1) is 16.3. The molecular weight excluding hydrogens is 440 g/mol. The molecule has 2 aromatic rings. The summed E-state index contributed by atoms with van der Waals surface area (Å²) in [6.45, 7) is 7.01. The fraction of sp³-hybridized carbons (Fsp3) is 0.462. The molecule has 2 aromatic carbocycles. The van der Waals surface area contributed by atoms with Crippen LogP contribution >= 0.6 is 0 Å². The summed E-state index contributed by atoms with van der Waals surface area (Å²) >= 11 is 0. The number of hydrogen-bond donors (Lipinski definition) is 1. The first-order valence-corrected chi connectivity index (χ1v) is 11.8. The van der Waals surface area contributed by atoms with Crippen LogP contribution in [0.2, 0.25) is 0 Å². The minimum Gasteiger partial charge on any atom is -0.443 e. The minimum absolute atomic E-state index is 0.309. The number of hydrogen-bond acceptors (Lipinski definition) is 4. The highest BCUT2D eigenvalue weighted by atomic mass is 19.2. The van der Waals surface area contributed by atoms with Crippen LogP contribution in [0.5, 0.6) is 0 Å². The third kappa shape index (κ3) is 5.38. The Kier molecular flexibility index (Phi) is 7.46. The monoisotopic (exact) mass is 471 g/mol. The zero-order chi connectivity index (χ0) is 24.2. The summed E-state index contributed by atoms with van der Waals surface area (Å²) in [6.07, 6.45) is 1.51. The maximum atomic E-state index is 13.7. The quantitative estimate of drug-likeness (QED) is 0.593. The number of likely N-dealkylation sites (tertiary alicyclic amines) is 1. The summed E-state index contributed by atoms with van der Waals surface area (Å²) in [5, 5.41) is 2.77. The van der Waals surface area contributed by atoms with Gasteiger partial charge >= 0.3 is 12.1 Å². The molecule has 0 radical (unpaired) electrons. The fourth-order valence-corrected chi connectivity index (χ4v) is 4.84. The van der Waals surface area contributed by atoms with Gasteiger partial charge in [0.25, 0.3) is 0 Å². The summed E-state index contributed by atoms with van der Waals surface area (Å²) in [4.78, 5) is 28.4. The fourth-order valence-electron chi connectivity index (χ4n) is 4.84. The van der Waals surface area contributed by atoms with E-state index in [2.05, 4.69) is 41.4 Å². The van der Waals surface area contributed by atoms with Crippen molar-refractivity contribution in [3.05, 3.63) is 70.8 Å². The Morgan fingerprint density at radius 1 is 1.06 bits per heavy atom. The highest BCUT2D eigenvalue weighted by Crippen LogP contribution is 2.34. The van der Waals surface area contributed by atoms with E-state index >= 15 is 0 Å². The number of piperidine rings is 1. The number of cyclic esters (lactones) is 1. The second-order valence-electron chi connectivity index (χ2n) is 9.19. The number of halogens is 2. The summed E-state index contributed by atoms with van der Waals surface area (Å²) in [6, 6.07) is 10.7. The smallest absolute Gasteiger partial charge is 0.419 e. The Balaban J connectivity index is 1.24. The van der Waals surface area contributed by atoms with Crippen molar-refractivity contribution in [1.29, 1.82) is 0 Å². The average Bonchev–Trinajstić information content (AvgIpc) is 3.13. The molecule has 2 unspecified atom stereocenters. The third-order valence-corrected chi connectivity index (χ3v) is 6.77. The number of aryl methyl sites for hydroxylation is 1. The number of ether oxygens (including phenoxy) is 1. The molecule has 2 heterocycles. The van der Waals surface area contributed by atoms with E-state index in [1.165, 1.54) is 17.2 Å². The molecule has 4 rings (SSSR count). The van der Waals surface area contributed by atoms with Crippen LogP contribution in [0.3, 0.4) is 0 Å². The maximum Gasteiger partial charge on any atom is 0.419 e. The lowest BCUT2D eigenvalue weighted by Crippen LogP contribution is -2.43. The molecule has 8 heteroatoms. The average molecular weight is 472 g/mol. The highest BCUT2D eigenvalue weighted by molar-refractivity contribution is 5.93. The second-order valence-corrected chi connectivity index (χ2v) is 9.19. The van der Waals surface area contributed by atoms with Crippen molar-refractivity contribution in [1.82, 2.24) is 15.1 Å². The Morgan fingerprint density at radius 3 is 2.41 bits per heavy atom. The number of rotatable bonds is 6. The second kappa shape index (κ2) is 10.5. The number of amides is 3. The number of nitrogens with one attached hydrogen (secondary N) is 1. The summed E-state index contributed by atoms with van der Waals surface area (Å²) in [5.41, 5.74) is 2.99. The lowest BCUT2D eigenvalue weighted by molar-refractivity contribution is 0.138. The lowest BCUT2D eigenvalue weighted by Gasteiger charge is -2.32. The van der Waals surface area contributed by atoms with Gasteiger partial charge in [-0.2, -0.15) is 0 Å². The number of benzene rings is 2. The van der Waals surface area contributed by atoms with E-state index in [-0.39, 0.29) is 0 Å². The predicted octanol–water partition coefficient (Wildman–Crippen LogP) is 5.13. The Hall–Kier alpha value is -3.00. The van der Waals surface area contributed by atoms with Crippen molar-refractivity contribution < 1.29 is 23.1 Å². The lowest BCUT2D eigenvalue weighted by atomic mass is 9.89. The van der Waals surface area contributed by atoms with Crippen LogP contribution in [-0.4, -0.2) is 54.2 Å². The molecule has 6 nitrogen and oxygen atoms in total. The SMILES string of the molecule is Cc1ccc(C2CCN(CCCNC(=O)N3C(=O)OC(C)C3c3ccc(F)c(F)c3)CC2)cc1. The van der Waals surface area contributed by atoms with E-state index in [0.29, 0.717) is 18.0 Å². The standard InChI is InChI=1S/C26H31F2N3O3/c1-17-4-6-19(7-5-17)20-10-14-30(15-11-20)13-3-12-29-25(32)31-24(18(2)34-26(31)33)21-8-9-22(27)23(28)16-21/h4-9,16,18,20,24H,3,10-15H2,1-2H3,(H,29,32). The van der Waals surface area contributed by atoms with Gasteiger partial charge in [-0.15, -0.1) is 0 Å². The molecular formula is C26H31F2N3O3. The number of carbonyl (C=O) groups is 2. The molecule has 2 saturated heterocycles. The zero-order valence-corrected chi connectivity index (χ0v) is 19.6. The van der Waals surface area contributed by atoms with Crippen LogP contribution < -0.4 is 5.32 Å². The molecule has 2 fully saturated rings. The van der Waals surface area contributed by atoms with E-state index in [4.69, 9.17) is 4.74 Å². The molecule has 0 aliphatic carbocycles. The molecule has 2 atom stereocenters. The summed E-state index contributed by atoms with van der Waals surface area (Å²) < 4.78 is 32.2. The molecule has 1 N–H and O–H groups in total. The van der Waals surface area contributed by atoms with Gasteiger partial charge in [-0.3, -0.25) is 0 Å². The largest absolute Gasteiger partial charge is 0.443 e.